The normalized spacial score (nSPS) is 23.6. The molecule has 0 radical (unpaired) electrons. The Morgan fingerprint density at radius 3 is 2.59 bits per heavy atom. The number of carbonyl (C=O) groups excluding carboxylic acids is 1. The first-order valence-electron chi connectivity index (χ1n) is 6.38. The highest BCUT2D eigenvalue weighted by Crippen LogP contribution is 2.31. The minimum absolute atomic E-state index is 0.0913. The van der Waals surface area contributed by atoms with Crippen LogP contribution < -0.4 is 10.6 Å². The largest absolute Gasteiger partial charge is 0.481 e. The molecule has 1 amide bonds. The Morgan fingerprint density at radius 1 is 1.24 bits per heavy atom. The molecule has 0 spiro atoms. The van der Waals surface area contributed by atoms with Crippen LogP contribution in [0, 0.1) is 11.8 Å². The Labute approximate surface area is 102 Å². The van der Waals surface area contributed by atoms with E-state index >= 15 is 0 Å². The van der Waals surface area contributed by atoms with Crippen LogP contribution in [0.4, 0.5) is 0 Å². The first-order chi connectivity index (χ1) is 8.16. The van der Waals surface area contributed by atoms with Gasteiger partial charge in [-0.1, -0.05) is 13.3 Å². The lowest BCUT2D eigenvalue weighted by Gasteiger charge is -2.15. The van der Waals surface area contributed by atoms with Gasteiger partial charge in [-0.15, -0.1) is 0 Å². The highest BCUT2D eigenvalue weighted by atomic mass is 16.4. The third kappa shape index (κ3) is 4.34. The summed E-state index contributed by atoms with van der Waals surface area (Å²) in [4.78, 5) is 22.7. The zero-order valence-corrected chi connectivity index (χ0v) is 10.4. The van der Waals surface area contributed by atoms with Crippen LogP contribution in [0.2, 0.25) is 0 Å². The molecule has 0 bridgehead atoms. The van der Waals surface area contributed by atoms with E-state index in [1.807, 2.05) is 6.92 Å². The Kier molecular flexibility index (Phi) is 5.97. The topological polar surface area (TPSA) is 78.4 Å². The third-order valence-corrected chi connectivity index (χ3v) is 3.25. The van der Waals surface area contributed by atoms with Crippen molar-refractivity contribution in [2.75, 3.05) is 19.6 Å². The summed E-state index contributed by atoms with van der Waals surface area (Å²) in [5.41, 5.74) is 0. The molecule has 1 aliphatic carbocycles. The number of hydrogen-bond donors (Lipinski definition) is 3. The fourth-order valence-electron chi connectivity index (χ4n) is 2.30. The lowest BCUT2D eigenvalue weighted by Crippen LogP contribution is -2.36. The van der Waals surface area contributed by atoms with Crippen LogP contribution in [0.5, 0.6) is 0 Å². The smallest absolute Gasteiger partial charge is 0.307 e. The Balaban J connectivity index is 2.25. The summed E-state index contributed by atoms with van der Waals surface area (Å²) >= 11 is 0. The van der Waals surface area contributed by atoms with Gasteiger partial charge in [0.2, 0.25) is 5.91 Å². The molecule has 0 aromatic rings. The fraction of sp³-hybridized carbons (Fsp3) is 0.833. The molecule has 0 aromatic heterocycles. The molecule has 17 heavy (non-hydrogen) atoms. The summed E-state index contributed by atoms with van der Waals surface area (Å²) in [7, 11) is 0. The summed E-state index contributed by atoms with van der Waals surface area (Å²) in [6.07, 6.45) is 3.05. The maximum absolute atomic E-state index is 11.8. The summed E-state index contributed by atoms with van der Waals surface area (Å²) in [6.45, 7) is 4.46. The predicted molar refractivity (Wildman–Crippen MR) is 64.6 cm³/mol. The van der Waals surface area contributed by atoms with Crippen LogP contribution in [0.15, 0.2) is 0 Å². The van der Waals surface area contributed by atoms with E-state index in [1.165, 1.54) is 0 Å². The summed E-state index contributed by atoms with van der Waals surface area (Å²) in [6, 6.07) is 0. The van der Waals surface area contributed by atoms with E-state index in [-0.39, 0.29) is 11.8 Å². The van der Waals surface area contributed by atoms with Crippen LogP contribution >= 0.6 is 0 Å². The second-order valence-corrected chi connectivity index (χ2v) is 4.48. The molecule has 0 heterocycles. The van der Waals surface area contributed by atoms with E-state index in [1.54, 1.807) is 0 Å². The zero-order chi connectivity index (χ0) is 12.7. The predicted octanol–water partition coefficient (Wildman–Crippen LogP) is 0.603. The van der Waals surface area contributed by atoms with Gasteiger partial charge < -0.3 is 15.7 Å². The average Bonchev–Trinajstić information content (AvgIpc) is 2.77. The molecule has 0 unspecified atom stereocenters. The van der Waals surface area contributed by atoms with Crippen molar-refractivity contribution in [2.24, 2.45) is 11.8 Å². The molecule has 0 saturated heterocycles. The van der Waals surface area contributed by atoms with Crippen molar-refractivity contribution in [3.05, 3.63) is 0 Å². The van der Waals surface area contributed by atoms with E-state index in [0.717, 1.165) is 25.9 Å². The second-order valence-electron chi connectivity index (χ2n) is 4.48. The lowest BCUT2D eigenvalue weighted by molar-refractivity contribution is -0.146. The van der Waals surface area contributed by atoms with Crippen molar-refractivity contribution in [3.63, 3.8) is 0 Å². The van der Waals surface area contributed by atoms with Crippen LogP contribution in [0.3, 0.4) is 0 Å². The molecule has 1 fully saturated rings. The van der Waals surface area contributed by atoms with E-state index < -0.39 is 11.9 Å². The minimum atomic E-state index is -0.838. The van der Waals surface area contributed by atoms with Gasteiger partial charge in [0, 0.05) is 6.54 Å². The summed E-state index contributed by atoms with van der Waals surface area (Å²) in [5, 5.41) is 15.0. The van der Waals surface area contributed by atoms with E-state index in [2.05, 4.69) is 10.6 Å². The molecule has 1 aliphatic rings. The molecule has 0 aliphatic heterocycles. The first kappa shape index (κ1) is 14.0. The molecule has 1 rings (SSSR count). The van der Waals surface area contributed by atoms with Crippen LogP contribution in [0.1, 0.15) is 32.6 Å². The number of nitrogens with one attached hydrogen (secondary N) is 2. The molecule has 5 nitrogen and oxygen atoms in total. The molecule has 3 N–H and O–H groups in total. The van der Waals surface area contributed by atoms with Crippen molar-refractivity contribution in [3.8, 4) is 0 Å². The van der Waals surface area contributed by atoms with Crippen LogP contribution in [-0.4, -0.2) is 36.6 Å². The number of amides is 1. The van der Waals surface area contributed by atoms with Gasteiger partial charge in [-0.2, -0.15) is 0 Å². The first-order valence-corrected chi connectivity index (χ1v) is 6.38. The van der Waals surface area contributed by atoms with Crippen molar-refractivity contribution < 1.29 is 14.7 Å². The maximum atomic E-state index is 11.8. The summed E-state index contributed by atoms with van der Waals surface area (Å²) in [5.74, 6) is -1.74. The molecular weight excluding hydrogens is 220 g/mol. The van der Waals surface area contributed by atoms with Crippen molar-refractivity contribution in [1.82, 2.24) is 10.6 Å². The van der Waals surface area contributed by atoms with E-state index in [9.17, 15) is 9.59 Å². The molecule has 0 aromatic carbocycles. The molecule has 98 valence electrons. The van der Waals surface area contributed by atoms with Gasteiger partial charge in [-0.25, -0.2) is 0 Å². The fourth-order valence-corrected chi connectivity index (χ4v) is 2.30. The van der Waals surface area contributed by atoms with E-state index in [0.29, 0.717) is 19.4 Å². The zero-order valence-electron chi connectivity index (χ0n) is 10.4. The van der Waals surface area contributed by atoms with Crippen molar-refractivity contribution in [1.29, 1.82) is 0 Å². The SMILES string of the molecule is CCNCCCNC(=O)[C@@H]1CCC[C@@H]1C(=O)O. The summed E-state index contributed by atoms with van der Waals surface area (Å²) < 4.78 is 0. The van der Waals surface area contributed by atoms with Gasteiger partial charge in [0.05, 0.1) is 11.8 Å². The lowest BCUT2D eigenvalue weighted by atomic mass is 9.95. The Bertz CT molecular complexity index is 268. The van der Waals surface area contributed by atoms with Gasteiger partial charge in [-0.3, -0.25) is 9.59 Å². The monoisotopic (exact) mass is 242 g/mol. The van der Waals surface area contributed by atoms with Gasteiger partial charge in [0.25, 0.3) is 0 Å². The van der Waals surface area contributed by atoms with Crippen LogP contribution in [-0.2, 0) is 9.59 Å². The van der Waals surface area contributed by atoms with Crippen LogP contribution in [0.25, 0.3) is 0 Å². The average molecular weight is 242 g/mol. The quantitative estimate of drug-likeness (QED) is 0.571. The molecule has 5 heteroatoms. The number of carboxylic acid groups (broad SMARTS) is 1. The number of carboxylic acids is 1. The number of rotatable bonds is 7. The second kappa shape index (κ2) is 7.27. The van der Waals surface area contributed by atoms with Gasteiger partial charge in [0.15, 0.2) is 0 Å². The standard InChI is InChI=1S/C12H22N2O3/c1-2-13-7-4-8-14-11(15)9-5-3-6-10(9)12(16)17/h9-10,13H,2-8H2,1H3,(H,14,15)(H,16,17)/t9-,10+/m1/s1. The minimum Gasteiger partial charge on any atom is -0.481 e. The molecular formula is C12H22N2O3. The number of aliphatic carboxylic acids is 1. The Morgan fingerprint density at radius 2 is 1.94 bits per heavy atom. The van der Waals surface area contributed by atoms with Gasteiger partial charge in [-0.05, 0) is 32.4 Å². The Hall–Kier alpha value is -1.10. The van der Waals surface area contributed by atoms with E-state index in [4.69, 9.17) is 5.11 Å². The number of carbonyl (C=O) groups is 2. The maximum Gasteiger partial charge on any atom is 0.307 e. The molecule has 1 saturated carbocycles. The highest BCUT2D eigenvalue weighted by Gasteiger charge is 2.37. The third-order valence-electron chi connectivity index (χ3n) is 3.25. The van der Waals surface area contributed by atoms with Gasteiger partial charge >= 0.3 is 5.97 Å². The molecule has 2 atom stereocenters. The number of hydrogen-bond acceptors (Lipinski definition) is 3. The van der Waals surface area contributed by atoms with Crippen molar-refractivity contribution >= 4 is 11.9 Å². The van der Waals surface area contributed by atoms with Crippen molar-refractivity contribution in [2.45, 2.75) is 32.6 Å². The highest BCUT2D eigenvalue weighted by molar-refractivity contribution is 5.85. The van der Waals surface area contributed by atoms with Gasteiger partial charge in [0.1, 0.15) is 0 Å².